The average molecular weight is 264 g/mol. The molecule has 2 rings (SSSR count). The van der Waals surface area contributed by atoms with Crippen LogP contribution in [0.25, 0.3) is 0 Å². The highest BCUT2D eigenvalue weighted by atomic mass is 16.7. The first-order valence-electron chi connectivity index (χ1n) is 6.88. The van der Waals surface area contributed by atoms with Crippen LogP contribution in [0.3, 0.4) is 0 Å². The fourth-order valence-electron chi connectivity index (χ4n) is 2.33. The molecule has 1 heterocycles. The van der Waals surface area contributed by atoms with Crippen LogP contribution in [0, 0.1) is 0 Å². The first-order chi connectivity index (χ1) is 9.23. The normalized spacial score (nSPS) is 17.3. The standard InChI is InChI=1S/C15H24N2O2/c1-4-8-16-10-13-6-5-7-14(9-13)17-11-15(12-17,18-2)19-3/h5-7,9,16H,4,8,10-12H2,1-3H3. The molecule has 0 spiro atoms. The van der Waals surface area contributed by atoms with E-state index in [4.69, 9.17) is 9.47 Å². The highest BCUT2D eigenvalue weighted by Gasteiger charge is 2.43. The van der Waals surface area contributed by atoms with Crippen LogP contribution >= 0.6 is 0 Å². The first kappa shape index (κ1) is 14.3. The van der Waals surface area contributed by atoms with Crippen molar-refractivity contribution >= 4 is 5.69 Å². The molecule has 1 aliphatic heterocycles. The van der Waals surface area contributed by atoms with Gasteiger partial charge in [-0.05, 0) is 30.7 Å². The zero-order chi connectivity index (χ0) is 13.7. The van der Waals surface area contributed by atoms with E-state index >= 15 is 0 Å². The third kappa shape index (κ3) is 3.26. The zero-order valence-electron chi connectivity index (χ0n) is 12.1. The third-order valence-corrected chi connectivity index (χ3v) is 3.64. The Kier molecular flexibility index (Phi) is 4.80. The van der Waals surface area contributed by atoms with Crippen molar-refractivity contribution in [1.82, 2.24) is 5.32 Å². The van der Waals surface area contributed by atoms with E-state index in [9.17, 15) is 0 Å². The van der Waals surface area contributed by atoms with Gasteiger partial charge in [0.15, 0.2) is 0 Å². The van der Waals surface area contributed by atoms with Gasteiger partial charge >= 0.3 is 0 Å². The van der Waals surface area contributed by atoms with E-state index in [0.29, 0.717) is 0 Å². The van der Waals surface area contributed by atoms with Gasteiger partial charge in [0, 0.05) is 26.5 Å². The minimum absolute atomic E-state index is 0.420. The Labute approximate surface area is 115 Å². The van der Waals surface area contributed by atoms with Crippen molar-refractivity contribution in [3.63, 3.8) is 0 Å². The molecular formula is C15H24N2O2. The molecule has 1 saturated heterocycles. The second kappa shape index (κ2) is 6.37. The maximum atomic E-state index is 5.41. The summed E-state index contributed by atoms with van der Waals surface area (Å²) in [5, 5.41) is 3.42. The summed E-state index contributed by atoms with van der Waals surface area (Å²) in [5.41, 5.74) is 2.55. The fraction of sp³-hybridized carbons (Fsp3) is 0.600. The summed E-state index contributed by atoms with van der Waals surface area (Å²) in [6, 6.07) is 8.64. The summed E-state index contributed by atoms with van der Waals surface area (Å²) in [7, 11) is 3.40. The van der Waals surface area contributed by atoms with Crippen molar-refractivity contribution in [3.05, 3.63) is 29.8 Å². The van der Waals surface area contributed by atoms with Gasteiger partial charge in [0.2, 0.25) is 5.79 Å². The van der Waals surface area contributed by atoms with Crippen LogP contribution in [0.1, 0.15) is 18.9 Å². The lowest BCUT2D eigenvalue weighted by molar-refractivity contribution is -0.219. The Morgan fingerprint density at radius 3 is 2.63 bits per heavy atom. The first-order valence-corrected chi connectivity index (χ1v) is 6.88. The summed E-state index contributed by atoms with van der Waals surface area (Å²) < 4.78 is 10.8. The number of methoxy groups -OCH3 is 2. The smallest absolute Gasteiger partial charge is 0.203 e. The molecule has 1 aromatic carbocycles. The van der Waals surface area contributed by atoms with Gasteiger partial charge in [0.05, 0.1) is 13.1 Å². The van der Waals surface area contributed by atoms with Gasteiger partial charge in [-0.3, -0.25) is 0 Å². The van der Waals surface area contributed by atoms with E-state index in [1.54, 1.807) is 14.2 Å². The lowest BCUT2D eigenvalue weighted by atomic mass is 10.0. The summed E-state index contributed by atoms with van der Waals surface area (Å²) in [5.74, 6) is -0.420. The summed E-state index contributed by atoms with van der Waals surface area (Å²) >= 11 is 0. The van der Waals surface area contributed by atoms with Gasteiger partial charge in [-0.25, -0.2) is 0 Å². The number of nitrogens with zero attached hydrogens (tertiary/aromatic N) is 1. The number of ether oxygens (including phenoxy) is 2. The molecule has 0 bridgehead atoms. The quantitative estimate of drug-likeness (QED) is 0.603. The average Bonchev–Trinajstić information content (AvgIpc) is 2.40. The van der Waals surface area contributed by atoms with Gasteiger partial charge in [-0.15, -0.1) is 0 Å². The molecule has 0 aromatic heterocycles. The number of hydrogen-bond acceptors (Lipinski definition) is 4. The molecule has 4 heteroatoms. The van der Waals surface area contributed by atoms with E-state index in [2.05, 4.69) is 41.4 Å². The van der Waals surface area contributed by atoms with Crippen LogP contribution in [0.2, 0.25) is 0 Å². The van der Waals surface area contributed by atoms with Crippen LogP contribution in [0.5, 0.6) is 0 Å². The molecule has 0 radical (unpaired) electrons. The third-order valence-electron chi connectivity index (χ3n) is 3.64. The second-order valence-electron chi connectivity index (χ2n) is 5.02. The molecule has 19 heavy (non-hydrogen) atoms. The SMILES string of the molecule is CCCNCc1cccc(N2CC(OC)(OC)C2)c1. The van der Waals surface area contributed by atoms with E-state index in [1.165, 1.54) is 11.3 Å². The Balaban J connectivity index is 1.93. The minimum atomic E-state index is -0.420. The van der Waals surface area contributed by atoms with Gasteiger partial charge in [-0.2, -0.15) is 0 Å². The zero-order valence-corrected chi connectivity index (χ0v) is 12.1. The Hall–Kier alpha value is -1.10. The van der Waals surface area contributed by atoms with Crippen molar-refractivity contribution < 1.29 is 9.47 Å². The summed E-state index contributed by atoms with van der Waals surface area (Å²) in [6.45, 7) is 5.73. The largest absolute Gasteiger partial charge is 0.361 e. The number of benzene rings is 1. The number of anilines is 1. The lowest BCUT2D eigenvalue weighted by Gasteiger charge is -2.48. The number of hydrogen-bond donors (Lipinski definition) is 1. The van der Waals surface area contributed by atoms with E-state index in [-0.39, 0.29) is 0 Å². The molecule has 1 aromatic rings. The van der Waals surface area contributed by atoms with Crippen LogP contribution in [-0.4, -0.2) is 39.6 Å². The van der Waals surface area contributed by atoms with Crippen molar-refractivity contribution in [2.75, 3.05) is 38.8 Å². The number of nitrogens with one attached hydrogen (secondary N) is 1. The molecule has 0 saturated carbocycles. The van der Waals surface area contributed by atoms with Crippen molar-refractivity contribution in [2.45, 2.75) is 25.7 Å². The topological polar surface area (TPSA) is 33.7 Å². The Bertz CT molecular complexity index is 397. The predicted octanol–water partition coefficient (Wildman–Crippen LogP) is 2.00. The van der Waals surface area contributed by atoms with E-state index in [0.717, 1.165) is 32.6 Å². The van der Waals surface area contributed by atoms with Crippen molar-refractivity contribution in [1.29, 1.82) is 0 Å². The number of rotatable bonds is 7. The van der Waals surface area contributed by atoms with Crippen LogP contribution in [0.15, 0.2) is 24.3 Å². The molecule has 1 N–H and O–H groups in total. The van der Waals surface area contributed by atoms with E-state index < -0.39 is 5.79 Å². The van der Waals surface area contributed by atoms with Gasteiger partial charge in [0.25, 0.3) is 0 Å². The molecular weight excluding hydrogens is 240 g/mol. The Morgan fingerprint density at radius 2 is 2.00 bits per heavy atom. The van der Waals surface area contributed by atoms with Gasteiger partial charge in [0.1, 0.15) is 0 Å². The van der Waals surface area contributed by atoms with Crippen molar-refractivity contribution in [3.8, 4) is 0 Å². The maximum absolute atomic E-state index is 5.41. The molecule has 0 atom stereocenters. The highest BCUT2D eigenvalue weighted by Crippen LogP contribution is 2.30. The molecule has 0 aliphatic carbocycles. The van der Waals surface area contributed by atoms with Crippen LogP contribution in [0.4, 0.5) is 5.69 Å². The van der Waals surface area contributed by atoms with E-state index in [1.807, 2.05) is 0 Å². The molecule has 1 fully saturated rings. The van der Waals surface area contributed by atoms with Crippen LogP contribution in [-0.2, 0) is 16.0 Å². The highest BCUT2D eigenvalue weighted by molar-refractivity contribution is 5.51. The molecule has 106 valence electrons. The summed E-state index contributed by atoms with van der Waals surface area (Å²) in [6.07, 6.45) is 1.16. The fourth-order valence-corrected chi connectivity index (χ4v) is 2.33. The molecule has 0 unspecified atom stereocenters. The Morgan fingerprint density at radius 1 is 1.26 bits per heavy atom. The van der Waals surface area contributed by atoms with Gasteiger partial charge in [-0.1, -0.05) is 19.1 Å². The predicted molar refractivity (Wildman–Crippen MR) is 77.4 cm³/mol. The molecule has 4 nitrogen and oxygen atoms in total. The maximum Gasteiger partial charge on any atom is 0.203 e. The van der Waals surface area contributed by atoms with Gasteiger partial charge < -0.3 is 19.7 Å². The summed E-state index contributed by atoms with van der Waals surface area (Å²) in [4.78, 5) is 2.27. The minimum Gasteiger partial charge on any atom is -0.361 e. The molecule has 1 aliphatic rings. The van der Waals surface area contributed by atoms with Crippen LogP contribution < -0.4 is 10.2 Å². The lowest BCUT2D eigenvalue weighted by Crippen LogP contribution is -2.64. The van der Waals surface area contributed by atoms with Crippen molar-refractivity contribution in [2.24, 2.45) is 0 Å². The molecule has 0 amide bonds. The second-order valence-corrected chi connectivity index (χ2v) is 5.02. The monoisotopic (exact) mass is 264 g/mol.